The quantitative estimate of drug-likeness (QED) is 0.836. The standard InChI is InChI=1S/C12H12N2O2/c1-8-4-3-5-9(6-8)10-7-13-11(12(15)16)14(10)2/h3-7H,1-2H3,(H,15,16). The summed E-state index contributed by atoms with van der Waals surface area (Å²) in [6, 6.07) is 7.88. The van der Waals surface area contributed by atoms with Crippen molar-refractivity contribution in [3.8, 4) is 11.3 Å². The summed E-state index contributed by atoms with van der Waals surface area (Å²) in [5.41, 5.74) is 2.92. The number of aryl methyl sites for hydroxylation is 1. The van der Waals surface area contributed by atoms with E-state index in [-0.39, 0.29) is 5.82 Å². The summed E-state index contributed by atoms with van der Waals surface area (Å²) < 4.78 is 1.58. The Morgan fingerprint density at radius 2 is 2.19 bits per heavy atom. The van der Waals surface area contributed by atoms with Crippen LogP contribution in [0.5, 0.6) is 0 Å². The van der Waals surface area contributed by atoms with Crippen LogP contribution in [-0.2, 0) is 7.05 Å². The molecule has 0 radical (unpaired) electrons. The summed E-state index contributed by atoms with van der Waals surface area (Å²) in [5, 5.41) is 8.90. The molecule has 2 rings (SSSR count). The smallest absolute Gasteiger partial charge is 0.372 e. The number of aromatic nitrogens is 2. The maximum Gasteiger partial charge on any atom is 0.372 e. The van der Waals surface area contributed by atoms with Gasteiger partial charge in [-0.05, 0) is 13.0 Å². The highest BCUT2D eigenvalue weighted by Gasteiger charge is 2.13. The highest BCUT2D eigenvalue weighted by Crippen LogP contribution is 2.20. The predicted molar refractivity (Wildman–Crippen MR) is 60.3 cm³/mol. The zero-order valence-corrected chi connectivity index (χ0v) is 9.14. The molecule has 82 valence electrons. The van der Waals surface area contributed by atoms with E-state index in [9.17, 15) is 4.79 Å². The van der Waals surface area contributed by atoms with Crippen LogP contribution in [0.1, 0.15) is 16.2 Å². The fourth-order valence-corrected chi connectivity index (χ4v) is 1.68. The van der Waals surface area contributed by atoms with Crippen LogP contribution in [0.2, 0.25) is 0 Å². The minimum Gasteiger partial charge on any atom is -0.475 e. The minimum atomic E-state index is -1.01. The average molecular weight is 216 g/mol. The van der Waals surface area contributed by atoms with Gasteiger partial charge < -0.3 is 9.67 Å². The molecule has 4 heteroatoms. The van der Waals surface area contributed by atoms with Crippen LogP contribution in [0.15, 0.2) is 30.5 Å². The molecule has 0 saturated heterocycles. The number of imidazole rings is 1. The molecule has 0 fully saturated rings. The SMILES string of the molecule is Cc1cccc(-c2cnc(C(=O)O)n2C)c1. The van der Waals surface area contributed by atoms with Gasteiger partial charge in [-0.15, -0.1) is 0 Å². The van der Waals surface area contributed by atoms with Gasteiger partial charge in [0.2, 0.25) is 5.82 Å². The van der Waals surface area contributed by atoms with Gasteiger partial charge in [0.05, 0.1) is 11.9 Å². The summed E-state index contributed by atoms with van der Waals surface area (Å²) in [4.78, 5) is 14.7. The first-order valence-electron chi connectivity index (χ1n) is 4.91. The summed E-state index contributed by atoms with van der Waals surface area (Å²) >= 11 is 0. The topological polar surface area (TPSA) is 55.1 Å². The van der Waals surface area contributed by atoms with Gasteiger partial charge in [-0.2, -0.15) is 0 Å². The van der Waals surface area contributed by atoms with Crippen molar-refractivity contribution in [2.75, 3.05) is 0 Å². The summed E-state index contributed by atoms with van der Waals surface area (Å²) in [6.07, 6.45) is 1.58. The lowest BCUT2D eigenvalue weighted by molar-refractivity contribution is 0.0680. The second-order valence-electron chi connectivity index (χ2n) is 3.70. The lowest BCUT2D eigenvalue weighted by atomic mass is 10.1. The third-order valence-corrected chi connectivity index (χ3v) is 2.49. The summed E-state index contributed by atoms with van der Waals surface area (Å²) in [5.74, 6) is -0.960. The van der Waals surface area contributed by atoms with Gasteiger partial charge in [0.1, 0.15) is 0 Å². The lowest BCUT2D eigenvalue weighted by Gasteiger charge is -2.04. The van der Waals surface area contributed by atoms with E-state index >= 15 is 0 Å². The first-order chi connectivity index (χ1) is 7.59. The van der Waals surface area contributed by atoms with E-state index in [2.05, 4.69) is 4.98 Å². The fourth-order valence-electron chi connectivity index (χ4n) is 1.68. The number of carboxylic acids is 1. The first kappa shape index (κ1) is 10.4. The summed E-state index contributed by atoms with van der Waals surface area (Å²) in [7, 11) is 1.70. The molecule has 0 amide bonds. The number of hydrogen-bond acceptors (Lipinski definition) is 2. The lowest BCUT2D eigenvalue weighted by Crippen LogP contribution is -2.06. The molecule has 1 aromatic carbocycles. The zero-order chi connectivity index (χ0) is 11.7. The average Bonchev–Trinajstić information content (AvgIpc) is 2.60. The molecule has 0 aliphatic rings. The third kappa shape index (κ3) is 1.69. The molecule has 0 aliphatic carbocycles. The van der Waals surface area contributed by atoms with E-state index in [1.54, 1.807) is 17.8 Å². The Hall–Kier alpha value is -2.10. The number of nitrogens with zero attached hydrogens (tertiary/aromatic N) is 2. The predicted octanol–water partition coefficient (Wildman–Crippen LogP) is 2.09. The van der Waals surface area contributed by atoms with Gasteiger partial charge in [-0.3, -0.25) is 0 Å². The van der Waals surface area contributed by atoms with Crippen molar-refractivity contribution in [2.45, 2.75) is 6.92 Å². The van der Waals surface area contributed by atoms with Crippen molar-refractivity contribution in [2.24, 2.45) is 7.05 Å². The highest BCUT2D eigenvalue weighted by molar-refractivity contribution is 5.84. The van der Waals surface area contributed by atoms with Crippen molar-refractivity contribution < 1.29 is 9.90 Å². The number of benzene rings is 1. The van der Waals surface area contributed by atoms with Crippen molar-refractivity contribution in [1.82, 2.24) is 9.55 Å². The molecule has 1 aromatic heterocycles. The molecule has 0 spiro atoms. The molecule has 0 saturated carbocycles. The number of hydrogen-bond donors (Lipinski definition) is 1. The van der Waals surface area contributed by atoms with E-state index in [0.29, 0.717) is 0 Å². The number of rotatable bonds is 2. The summed E-state index contributed by atoms with van der Waals surface area (Å²) in [6.45, 7) is 2.00. The van der Waals surface area contributed by atoms with Gasteiger partial charge in [0, 0.05) is 12.6 Å². The van der Waals surface area contributed by atoms with Gasteiger partial charge >= 0.3 is 5.97 Å². The van der Waals surface area contributed by atoms with Crippen LogP contribution in [0.4, 0.5) is 0 Å². The Labute approximate surface area is 93.2 Å². The Bertz CT molecular complexity index is 544. The van der Waals surface area contributed by atoms with Gasteiger partial charge in [-0.1, -0.05) is 23.8 Å². The molecule has 1 heterocycles. The molecule has 0 aliphatic heterocycles. The second kappa shape index (κ2) is 3.81. The Kier molecular flexibility index (Phi) is 2.48. The zero-order valence-electron chi connectivity index (χ0n) is 9.14. The van der Waals surface area contributed by atoms with Crippen molar-refractivity contribution in [1.29, 1.82) is 0 Å². The van der Waals surface area contributed by atoms with Gasteiger partial charge in [0.15, 0.2) is 0 Å². The number of aromatic carboxylic acids is 1. The van der Waals surface area contributed by atoms with Crippen molar-refractivity contribution >= 4 is 5.97 Å². The van der Waals surface area contributed by atoms with E-state index in [1.165, 1.54) is 0 Å². The second-order valence-corrected chi connectivity index (χ2v) is 3.70. The van der Waals surface area contributed by atoms with E-state index < -0.39 is 5.97 Å². The van der Waals surface area contributed by atoms with Crippen LogP contribution in [0.25, 0.3) is 11.3 Å². The maximum absolute atomic E-state index is 10.9. The first-order valence-corrected chi connectivity index (χ1v) is 4.91. The van der Waals surface area contributed by atoms with Crippen LogP contribution in [0, 0.1) is 6.92 Å². The van der Waals surface area contributed by atoms with E-state index in [1.807, 2.05) is 31.2 Å². The molecular weight excluding hydrogens is 204 g/mol. The van der Waals surface area contributed by atoms with E-state index in [4.69, 9.17) is 5.11 Å². The molecule has 2 aromatic rings. The molecule has 0 unspecified atom stereocenters. The third-order valence-electron chi connectivity index (χ3n) is 2.49. The Morgan fingerprint density at radius 3 is 2.75 bits per heavy atom. The van der Waals surface area contributed by atoms with Crippen LogP contribution >= 0.6 is 0 Å². The number of carboxylic acid groups (broad SMARTS) is 1. The van der Waals surface area contributed by atoms with Gasteiger partial charge in [-0.25, -0.2) is 9.78 Å². The van der Waals surface area contributed by atoms with Crippen LogP contribution in [0.3, 0.4) is 0 Å². The van der Waals surface area contributed by atoms with E-state index in [0.717, 1.165) is 16.8 Å². The molecule has 0 bridgehead atoms. The van der Waals surface area contributed by atoms with Crippen molar-refractivity contribution in [3.63, 3.8) is 0 Å². The van der Waals surface area contributed by atoms with Crippen LogP contribution in [-0.4, -0.2) is 20.6 Å². The minimum absolute atomic E-state index is 0.0523. The highest BCUT2D eigenvalue weighted by atomic mass is 16.4. The maximum atomic E-state index is 10.9. The molecule has 4 nitrogen and oxygen atoms in total. The van der Waals surface area contributed by atoms with Crippen molar-refractivity contribution in [3.05, 3.63) is 41.9 Å². The molecule has 16 heavy (non-hydrogen) atoms. The monoisotopic (exact) mass is 216 g/mol. The number of carbonyl (C=O) groups is 1. The molecular formula is C12H12N2O2. The largest absolute Gasteiger partial charge is 0.475 e. The normalized spacial score (nSPS) is 10.4. The van der Waals surface area contributed by atoms with Gasteiger partial charge in [0.25, 0.3) is 0 Å². The molecule has 0 atom stereocenters. The fraction of sp³-hybridized carbons (Fsp3) is 0.167. The Balaban J connectivity index is 2.53. The molecule has 1 N–H and O–H groups in total. The van der Waals surface area contributed by atoms with Crippen LogP contribution < -0.4 is 0 Å². The Morgan fingerprint density at radius 1 is 1.44 bits per heavy atom.